The van der Waals surface area contributed by atoms with E-state index in [1.807, 2.05) is 0 Å². The van der Waals surface area contributed by atoms with Gasteiger partial charge in [-0.05, 0) is 36.4 Å². The smallest absolute Gasteiger partial charge is 0.252 e. The van der Waals surface area contributed by atoms with Crippen molar-refractivity contribution in [2.75, 3.05) is 14.2 Å². The van der Waals surface area contributed by atoms with Gasteiger partial charge in [-0.15, -0.1) is 0 Å². The average Bonchev–Trinajstić information content (AvgIpc) is 3.31. The molecule has 172 valence electrons. The van der Waals surface area contributed by atoms with Crippen molar-refractivity contribution in [2.24, 2.45) is 0 Å². The molecule has 0 aliphatic rings. The third-order valence-electron chi connectivity index (χ3n) is 5.14. The van der Waals surface area contributed by atoms with Crippen LogP contribution in [0.3, 0.4) is 0 Å². The van der Waals surface area contributed by atoms with Gasteiger partial charge in [-0.2, -0.15) is 4.31 Å². The number of halogens is 1. The summed E-state index contributed by atoms with van der Waals surface area (Å²) in [6.07, 6.45) is 1.46. The van der Waals surface area contributed by atoms with Crippen LogP contribution in [0.15, 0.2) is 75.0 Å². The normalized spacial score (nSPS) is 11.8. The summed E-state index contributed by atoms with van der Waals surface area (Å²) >= 11 is 6.19. The van der Waals surface area contributed by atoms with Crippen LogP contribution in [0.4, 0.5) is 0 Å². The number of pyridine rings is 1. The fraction of sp³-hybridized carbons (Fsp3) is 0.174. The lowest BCUT2D eigenvalue weighted by Gasteiger charge is -2.22. The van der Waals surface area contributed by atoms with E-state index in [4.69, 9.17) is 25.5 Å². The summed E-state index contributed by atoms with van der Waals surface area (Å²) in [4.78, 5) is 15.6. The number of hydrogen-bond donors (Lipinski definition) is 1. The number of furan rings is 1. The Labute approximate surface area is 195 Å². The van der Waals surface area contributed by atoms with E-state index in [-0.39, 0.29) is 28.6 Å². The maximum absolute atomic E-state index is 13.5. The monoisotopic (exact) mass is 488 g/mol. The average molecular weight is 489 g/mol. The molecule has 0 saturated carbocycles. The number of ether oxygens (including phenoxy) is 2. The van der Waals surface area contributed by atoms with Gasteiger partial charge in [0.2, 0.25) is 10.0 Å². The molecule has 10 heteroatoms. The Kier molecular flexibility index (Phi) is 6.46. The topological polar surface area (TPSA) is 102 Å². The summed E-state index contributed by atoms with van der Waals surface area (Å²) in [5, 5.41) is 0.751. The zero-order valence-corrected chi connectivity index (χ0v) is 19.4. The molecular weight excluding hydrogens is 468 g/mol. The second kappa shape index (κ2) is 9.30. The number of methoxy groups -OCH3 is 2. The van der Waals surface area contributed by atoms with Crippen LogP contribution in [0.25, 0.3) is 10.9 Å². The van der Waals surface area contributed by atoms with Gasteiger partial charge in [-0.1, -0.05) is 23.7 Å². The fourth-order valence-corrected chi connectivity index (χ4v) is 5.36. The fourth-order valence-electron chi connectivity index (χ4n) is 3.48. The van der Waals surface area contributed by atoms with E-state index >= 15 is 0 Å². The third kappa shape index (κ3) is 4.61. The van der Waals surface area contributed by atoms with Crippen LogP contribution >= 0.6 is 11.6 Å². The van der Waals surface area contributed by atoms with Crippen LogP contribution in [-0.4, -0.2) is 31.9 Å². The molecule has 2 aromatic carbocycles. The van der Waals surface area contributed by atoms with Crippen molar-refractivity contribution in [3.63, 3.8) is 0 Å². The largest absolute Gasteiger partial charge is 0.493 e. The number of aromatic nitrogens is 1. The van der Waals surface area contributed by atoms with Gasteiger partial charge in [-0.3, -0.25) is 4.79 Å². The Bertz CT molecular complexity index is 1450. The second-order valence-corrected chi connectivity index (χ2v) is 9.51. The van der Waals surface area contributed by atoms with Crippen LogP contribution in [0.2, 0.25) is 5.02 Å². The second-order valence-electron chi connectivity index (χ2n) is 7.20. The lowest BCUT2D eigenvalue weighted by molar-refractivity contribution is 0.355. The van der Waals surface area contributed by atoms with Crippen LogP contribution in [-0.2, 0) is 23.1 Å². The quantitative estimate of drug-likeness (QED) is 0.399. The summed E-state index contributed by atoms with van der Waals surface area (Å²) in [7, 11) is -1.04. The van der Waals surface area contributed by atoms with Crippen molar-refractivity contribution in [1.29, 1.82) is 0 Å². The van der Waals surface area contributed by atoms with E-state index in [1.54, 1.807) is 42.5 Å². The predicted octanol–water partition coefficient (Wildman–Crippen LogP) is 4.18. The van der Waals surface area contributed by atoms with Gasteiger partial charge in [0, 0.05) is 23.6 Å². The van der Waals surface area contributed by atoms with Crippen LogP contribution in [0.1, 0.15) is 11.3 Å². The molecule has 0 spiro atoms. The molecule has 4 aromatic rings. The number of aromatic amines is 1. The van der Waals surface area contributed by atoms with Crippen molar-refractivity contribution in [3.8, 4) is 11.5 Å². The van der Waals surface area contributed by atoms with Gasteiger partial charge in [0.25, 0.3) is 5.56 Å². The van der Waals surface area contributed by atoms with E-state index in [1.165, 1.54) is 32.6 Å². The minimum atomic E-state index is -4.06. The van der Waals surface area contributed by atoms with E-state index in [0.29, 0.717) is 28.2 Å². The molecule has 0 amide bonds. The molecule has 0 saturated heterocycles. The van der Waals surface area contributed by atoms with Crippen molar-refractivity contribution in [1.82, 2.24) is 9.29 Å². The number of rotatable bonds is 8. The van der Waals surface area contributed by atoms with Crippen molar-refractivity contribution in [2.45, 2.75) is 18.0 Å². The van der Waals surface area contributed by atoms with Crippen molar-refractivity contribution >= 4 is 32.5 Å². The lowest BCUT2D eigenvalue weighted by Crippen LogP contribution is -2.32. The number of nitrogens with zero attached hydrogens (tertiary/aromatic N) is 1. The first kappa shape index (κ1) is 22.9. The van der Waals surface area contributed by atoms with Crippen LogP contribution < -0.4 is 15.0 Å². The maximum atomic E-state index is 13.5. The van der Waals surface area contributed by atoms with E-state index in [9.17, 15) is 13.2 Å². The Balaban J connectivity index is 1.79. The SMILES string of the molecule is COc1cc2cc(CN(Cc3ccco3)S(=O)(=O)c3ccccc3Cl)c(=O)[nH]c2cc1OC. The van der Waals surface area contributed by atoms with Gasteiger partial charge in [0.05, 0.1) is 37.6 Å². The summed E-state index contributed by atoms with van der Waals surface area (Å²) in [5.41, 5.74) is 0.360. The first-order chi connectivity index (χ1) is 15.8. The molecule has 0 atom stereocenters. The standard InChI is InChI=1S/C23H21ClN2O6S/c1-30-20-11-15-10-16(23(27)25-19(15)12-21(20)31-2)13-26(14-17-6-5-9-32-17)33(28,29)22-8-4-3-7-18(22)24/h3-12H,13-14H2,1-2H3,(H,25,27). The molecule has 0 aliphatic carbocycles. The highest BCUT2D eigenvalue weighted by atomic mass is 35.5. The molecule has 0 bridgehead atoms. The zero-order valence-electron chi connectivity index (χ0n) is 17.9. The Hall–Kier alpha value is -3.27. The number of benzene rings is 2. The minimum Gasteiger partial charge on any atom is -0.493 e. The lowest BCUT2D eigenvalue weighted by atomic mass is 10.1. The summed E-state index contributed by atoms with van der Waals surface area (Å²) in [6, 6.07) is 14.5. The molecule has 0 aliphatic heterocycles. The van der Waals surface area contributed by atoms with Crippen LogP contribution in [0, 0.1) is 0 Å². The van der Waals surface area contributed by atoms with E-state index in [0.717, 1.165) is 4.31 Å². The number of nitrogens with one attached hydrogen (secondary N) is 1. The first-order valence-corrected chi connectivity index (χ1v) is 11.7. The summed E-state index contributed by atoms with van der Waals surface area (Å²) < 4.78 is 44.1. The van der Waals surface area contributed by atoms with Crippen LogP contribution in [0.5, 0.6) is 11.5 Å². The number of fused-ring (bicyclic) bond motifs is 1. The van der Waals surface area contributed by atoms with E-state index < -0.39 is 15.6 Å². The molecule has 4 rings (SSSR count). The number of sulfonamides is 1. The highest BCUT2D eigenvalue weighted by Gasteiger charge is 2.28. The van der Waals surface area contributed by atoms with Gasteiger partial charge in [0.15, 0.2) is 11.5 Å². The highest BCUT2D eigenvalue weighted by molar-refractivity contribution is 7.89. The zero-order chi connectivity index (χ0) is 23.6. The minimum absolute atomic E-state index is 0.0538. The molecule has 0 unspecified atom stereocenters. The van der Waals surface area contributed by atoms with Gasteiger partial charge >= 0.3 is 0 Å². The molecule has 2 heterocycles. The highest BCUT2D eigenvalue weighted by Crippen LogP contribution is 2.32. The molecule has 0 radical (unpaired) electrons. The third-order valence-corrected chi connectivity index (χ3v) is 7.43. The van der Waals surface area contributed by atoms with Gasteiger partial charge in [-0.25, -0.2) is 8.42 Å². The Morgan fingerprint density at radius 3 is 2.39 bits per heavy atom. The molecule has 8 nitrogen and oxygen atoms in total. The number of hydrogen-bond acceptors (Lipinski definition) is 6. The van der Waals surface area contributed by atoms with Gasteiger partial charge < -0.3 is 18.9 Å². The molecule has 2 aromatic heterocycles. The van der Waals surface area contributed by atoms with Gasteiger partial charge in [0.1, 0.15) is 10.7 Å². The van der Waals surface area contributed by atoms with E-state index in [2.05, 4.69) is 4.98 Å². The Morgan fingerprint density at radius 1 is 1.00 bits per heavy atom. The number of H-pyrrole nitrogens is 1. The van der Waals surface area contributed by atoms with Crippen molar-refractivity contribution in [3.05, 3.63) is 87.6 Å². The molecule has 33 heavy (non-hydrogen) atoms. The maximum Gasteiger partial charge on any atom is 0.252 e. The van der Waals surface area contributed by atoms with Crippen molar-refractivity contribution < 1.29 is 22.3 Å². The summed E-state index contributed by atoms with van der Waals surface area (Å²) in [6.45, 7) is -0.280. The molecule has 0 fully saturated rings. The first-order valence-electron chi connectivity index (χ1n) is 9.88. The summed E-state index contributed by atoms with van der Waals surface area (Å²) in [5.74, 6) is 1.38. The Morgan fingerprint density at radius 2 is 1.73 bits per heavy atom. The predicted molar refractivity (Wildman–Crippen MR) is 124 cm³/mol. The molecule has 1 N–H and O–H groups in total. The molecular formula is C23H21ClN2O6S.